The van der Waals surface area contributed by atoms with Crippen LogP contribution in [-0.4, -0.2) is 52.8 Å². The van der Waals surface area contributed by atoms with Crippen LogP contribution < -0.4 is 0 Å². The molecule has 84 valence electrons. The molecule has 4 nitrogen and oxygen atoms in total. The predicted molar refractivity (Wildman–Crippen MR) is 63.7 cm³/mol. The highest BCUT2D eigenvalue weighted by atomic mass is 79.9. The lowest BCUT2D eigenvalue weighted by Crippen LogP contribution is -2.43. The largest absolute Gasteiger partial charge is 0.304 e. The molecule has 1 aliphatic heterocycles. The summed E-state index contributed by atoms with van der Waals surface area (Å²) >= 11 is 3.55. The van der Waals surface area contributed by atoms with Crippen LogP contribution in [0.25, 0.3) is 0 Å². The number of likely N-dealkylation sites (N-methyl/N-ethyl adjacent to an activating group) is 1. The van der Waals surface area contributed by atoms with Gasteiger partial charge in [-0.2, -0.15) is 5.10 Å². The normalized spacial score (nSPS) is 19.7. The first-order chi connectivity index (χ1) is 7.16. The van der Waals surface area contributed by atoms with Gasteiger partial charge in [-0.3, -0.25) is 9.58 Å². The van der Waals surface area contributed by atoms with E-state index in [-0.39, 0.29) is 0 Å². The summed E-state index contributed by atoms with van der Waals surface area (Å²) in [5.41, 5.74) is 1.28. The van der Waals surface area contributed by atoms with E-state index in [1.807, 2.05) is 17.9 Å². The van der Waals surface area contributed by atoms with Gasteiger partial charge in [0.15, 0.2) is 0 Å². The molecular weight excluding hydrogens is 256 g/mol. The Morgan fingerprint density at radius 3 is 2.47 bits per heavy atom. The van der Waals surface area contributed by atoms with Crippen molar-refractivity contribution in [1.82, 2.24) is 19.6 Å². The molecule has 0 spiro atoms. The molecule has 0 bridgehead atoms. The number of hydrogen-bond donors (Lipinski definition) is 0. The number of rotatable bonds is 2. The van der Waals surface area contributed by atoms with Gasteiger partial charge in [0.1, 0.15) is 4.60 Å². The van der Waals surface area contributed by atoms with Crippen LogP contribution in [0.4, 0.5) is 0 Å². The Balaban J connectivity index is 1.94. The highest BCUT2D eigenvalue weighted by Gasteiger charge is 2.16. The maximum atomic E-state index is 4.23. The molecule has 0 amide bonds. The molecule has 0 aliphatic carbocycles. The van der Waals surface area contributed by atoms with Crippen molar-refractivity contribution in [3.63, 3.8) is 0 Å². The molecule has 0 unspecified atom stereocenters. The van der Waals surface area contributed by atoms with E-state index in [0.717, 1.165) is 37.3 Å². The van der Waals surface area contributed by atoms with Crippen molar-refractivity contribution in [3.05, 3.63) is 16.4 Å². The Bertz CT molecular complexity index is 328. The standard InChI is InChI=1S/C10H17BrN4/c1-13-3-5-15(6-4-13)8-9-7-12-14(2)10(9)11/h7H,3-6,8H2,1-2H3. The monoisotopic (exact) mass is 272 g/mol. The van der Waals surface area contributed by atoms with Crippen LogP contribution in [0, 0.1) is 0 Å². The van der Waals surface area contributed by atoms with Gasteiger partial charge >= 0.3 is 0 Å². The van der Waals surface area contributed by atoms with Gasteiger partial charge in [0.05, 0.1) is 6.20 Å². The molecule has 2 heterocycles. The van der Waals surface area contributed by atoms with Crippen molar-refractivity contribution >= 4 is 15.9 Å². The fraction of sp³-hybridized carbons (Fsp3) is 0.700. The molecule has 5 heteroatoms. The molecule has 15 heavy (non-hydrogen) atoms. The van der Waals surface area contributed by atoms with E-state index in [4.69, 9.17) is 0 Å². The molecular formula is C10H17BrN4. The molecule has 1 aromatic heterocycles. The quantitative estimate of drug-likeness (QED) is 0.801. The summed E-state index contributed by atoms with van der Waals surface area (Å²) in [7, 11) is 4.13. The van der Waals surface area contributed by atoms with E-state index < -0.39 is 0 Å². The third kappa shape index (κ3) is 2.59. The predicted octanol–water partition coefficient (Wildman–Crippen LogP) is 0.930. The summed E-state index contributed by atoms with van der Waals surface area (Å²) in [6.45, 7) is 5.63. The van der Waals surface area contributed by atoms with Crippen molar-refractivity contribution < 1.29 is 0 Å². The summed E-state index contributed by atoms with van der Waals surface area (Å²) < 4.78 is 2.97. The SMILES string of the molecule is CN1CCN(Cc2cnn(C)c2Br)CC1. The van der Waals surface area contributed by atoms with Crippen LogP contribution in [0.5, 0.6) is 0 Å². The molecule has 1 saturated heterocycles. The summed E-state index contributed by atoms with van der Waals surface area (Å²) in [5.74, 6) is 0. The fourth-order valence-electron chi connectivity index (χ4n) is 1.82. The Kier molecular flexibility index (Phi) is 3.43. The second-order valence-corrected chi connectivity index (χ2v) is 4.91. The number of nitrogens with zero attached hydrogens (tertiary/aromatic N) is 4. The van der Waals surface area contributed by atoms with Crippen molar-refractivity contribution in [2.24, 2.45) is 7.05 Å². The molecule has 1 aliphatic rings. The molecule has 0 saturated carbocycles. The fourth-order valence-corrected chi connectivity index (χ4v) is 2.14. The van der Waals surface area contributed by atoms with E-state index in [1.54, 1.807) is 0 Å². The second-order valence-electron chi connectivity index (χ2n) is 4.16. The minimum atomic E-state index is 1.00. The van der Waals surface area contributed by atoms with Crippen molar-refractivity contribution in [3.8, 4) is 0 Å². The van der Waals surface area contributed by atoms with Crippen LogP contribution in [0.2, 0.25) is 0 Å². The van der Waals surface area contributed by atoms with E-state index >= 15 is 0 Å². The molecule has 1 aromatic rings. The number of aromatic nitrogens is 2. The van der Waals surface area contributed by atoms with Gasteiger partial charge in [-0.1, -0.05) is 0 Å². The van der Waals surface area contributed by atoms with Crippen LogP contribution in [0.3, 0.4) is 0 Å². The van der Waals surface area contributed by atoms with Gasteiger partial charge in [-0.25, -0.2) is 0 Å². The smallest absolute Gasteiger partial charge is 0.108 e. The highest BCUT2D eigenvalue weighted by Crippen LogP contribution is 2.17. The van der Waals surface area contributed by atoms with Gasteiger partial charge < -0.3 is 4.90 Å². The molecule has 0 atom stereocenters. The lowest BCUT2D eigenvalue weighted by atomic mass is 10.3. The van der Waals surface area contributed by atoms with Crippen LogP contribution in [0.15, 0.2) is 10.8 Å². The summed E-state index contributed by atoms with van der Waals surface area (Å²) in [5, 5.41) is 4.23. The molecule has 0 radical (unpaired) electrons. The maximum absolute atomic E-state index is 4.23. The van der Waals surface area contributed by atoms with Gasteiger partial charge in [-0.15, -0.1) is 0 Å². The Morgan fingerprint density at radius 2 is 1.93 bits per heavy atom. The zero-order valence-corrected chi connectivity index (χ0v) is 10.9. The first-order valence-electron chi connectivity index (χ1n) is 5.24. The minimum Gasteiger partial charge on any atom is -0.304 e. The number of aryl methyl sites for hydroxylation is 1. The maximum Gasteiger partial charge on any atom is 0.108 e. The number of halogens is 1. The third-order valence-electron chi connectivity index (χ3n) is 2.93. The van der Waals surface area contributed by atoms with Crippen molar-refractivity contribution in [2.75, 3.05) is 33.2 Å². The summed E-state index contributed by atoms with van der Waals surface area (Å²) in [6, 6.07) is 0. The Labute approximate surface area is 99.0 Å². The van der Waals surface area contributed by atoms with Crippen LogP contribution in [0.1, 0.15) is 5.56 Å². The van der Waals surface area contributed by atoms with Crippen molar-refractivity contribution in [1.29, 1.82) is 0 Å². The van der Waals surface area contributed by atoms with E-state index in [9.17, 15) is 0 Å². The minimum absolute atomic E-state index is 1.00. The molecule has 0 aromatic carbocycles. The highest BCUT2D eigenvalue weighted by molar-refractivity contribution is 9.10. The van der Waals surface area contributed by atoms with Gasteiger partial charge in [0, 0.05) is 45.3 Å². The third-order valence-corrected chi connectivity index (χ3v) is 3.95. The number of hydrogen-bond acceptors (Lipinski definition) is 3. The van der Waals surface area contributed by atoms with Crippen molar-refractivity contribution in [2.45, 2.75) is 6.54 Å². The molecule has 2 rings (SSSR count). The zero-order valence-electron chi connectivity index (χ0n) is 9.28. The lowest BCUT2D eigenvalue weighted by molar-refractivity contribution is 0.148. The average molecular weight is 273 g/mol. The topological polar surface area (TPSA) is 24.3 Å². The zero-order chi connectivity index (χ0) is 10.8. The molecule has 1 fully saturated rings. The first-order valence-corrected chi connectivity index (χ1v) is 6.03. The molecule has 0 N–H and O–H groups in total. The Morgan fingerprint density at radius 1 is 1.27 bits per heavy atom. The van der Waals surface area contributed by atoms with E-state index in [2.05, 4.69) is 37.9 Å². The lowest BCUT2D eigenvalue weighted by Gasteiger charge is -2.32. The van der Waals surface area contributed by atoms with E-state index in [0.29, 0.717) is 0 Å². The summed E-state index contributed by atoms with van der Waals surface area (Å²) in [6.07, 6.45) is 1.95. The summed E-state index contributed by atoms with van der Waals surface area (Å²) in [4.78, 5) is 4.84. The van der Waals surface area contributed by atoms with Crippen LogP contribution in [-0.2, 0) is 13.6 Å². The van der Waals surface area contributed by atoms with Gasteiger partial charge in [0.2, 0.25) is 0 Å². The second kappa shape index (κ2) is 4.63. The average Bonchev–Trinajstić information content (AvgIpc) is 2.53. The first kappa shape index (κ1) is 11.1. The number of piperazine rings is 1. The Hall–Kier alpha value is -0.390. The van der Waals surface area contributed by atoms with Gasteiger partial charge in [0.25, 0.3) is 0 Å². The van der Waals surface area contributed by atoms with Gasteiger partial charge in [-0.05, 0) is 23.0 Å². The van der Waals surface area contributed by atoms with Crippen LogP contribution >= 0.6 is 15.9 Å². The van der Waals surface area contributed by atoms with E-state index in [1.165, 1.54) is 5.56 Å².